The molecule has 2 unspecified atom stereocenters. The van der Waals surface area contributed by atoms with E-state index >= 15 is 0 Å². The number of H-pyrrole nitrogens is 1. The van der Waals surface area contributed by atoms with Gasteiger partial charge in [0, 0.05) is 5.92 Å². The highest BCUT2D eigenvalue weighted by Gasteiger charge is 2.34. The number of halogens is 2. The molecule has 0 saturated carbocycles. The summed E-state index contributed by atoms with van der Waals surface area (Å²) in [7, 11) is -3.12. The first-order chi connectivity index (χ1) is 16.1. The standard InChI is InChI=1S/C22H21Cl2N3O5S2/c1-11(13-7-3-5-12-6-4-8-14(12)13)19(20-25-26-22(33)32-20)27-34(29,30)16-10-9-15(23)17(18(16)24)21(28)31-2/h3,5,7,9-11,19,27H,4,6,8H2,1-2H3,(H,26,33). The van der Waals surface area contributed by atoms with Gasteiger partial charge >= 0.3 is 5.97 Å². The molecule has 180 valence electrons. The van der Waals surface area contributed by atoms with Crippen LogP contribution in [0.2, 0.25) is 10.0 Å². The van der Waals surface area contributed by atoms with E-state index in [9.17, 15) is 13.2 Å². The number of ether oxygens (including phenoxy) is 1. The first-order valence-corrected chi connectivity index (χ1v) is 13.0. The topological polar surface area (TPSA) is 114 Å². The van der Waals surface area contributed by atoms with E-state index in [2.05, 4.69) is 21.0 Å². The van der Waals surface area contributed by atoms with Crippen LogP contribution in [0.25, 0.3) is 0 Å². The Balaban J connectivity index is 1.78. The van der Waals surface area contributed by atoms with Crippen molar-refractivity contribution in [1.29, 1.82) is 0 Å². The summed E-state index contributed by atoms with van der Waals surface area (Å²) in [6, 6.07) is 7.60. The third kappa shape index (κ3) is 4.65. The van der Waals surface area contributed by atoms with Gasteiger partial charge in [-0.15, -0.1) is 5.10 Å². The van der Waals surface area contributed by atoms with Gasteiger partial charge in [0.1, 0.15) is 10.9 Å². The van der Waals surface area contributed by atoms with Crippen molar-refractivity contribution in [1.82, 2.24) is 14.9 Å². The molecule has 0 fully saturated rings. The van der Waals surface area contributed by atoms with Gasteiger partial charge in [-0.1, -0.05) is 48.3 Å². The number of nitrogens with zero attached hydrogens (tertiary/aromatic N) is 1. The molecule has 2 N–H and O–H groups in total. The van der Waals surface area contributed by atoms with Crippen LogP contribution in [0.15, 0.2) is 39.6 Å². The van der Waals surface area contributed by atoms with E-state index in [1.165, 1.54) is 23.3 Å². The quantitative estimate of drug-likeness (QED) is 0.314. The fourth-order valence-electron chi connectivity index (χ4n) is 4.26. The van der Waals surface area contributed by atoms with E-state index < -0.39 is 22.0 Å². The minimum absolute atomic E-state index is 0.0159. The van der Waals surface area contributed by atoms with Gasteiger partial charge in [0.05, 0.1) is 22.7 Å². The van der Waals surface area contributed by atoms with Crippen molar-refractivity contribution in [3.63, 3.8) is 0 Å². The molecule has 1 aliphatic rings. The number of nitrogens with one attached hydrogen (secondary N) is 2. The Bertz CT molecular complexity index is 1420. The second-order valence-corrected chi connectivity index (χ2v) is 10.7. The number of aromatic nitrogens is 2. The Hall–Kier alpha value is -2.24. The maximum absolute atomic E-state index is 13.5. The molecule has 3 aromatic rings. The van der Waals surface area contributed by atoms with Crippen LogP contribution in [-0.2, 0) is 27.6 Å². The van der Waals surface area contributed by atoms with Crippen molar-refractivity contribution in [3.8, 4) is 0 Å². The Labute approximate surface area is 211 Å². The molecule has 0 aliphatic heterocycles. The monoisotopic (exact) mass is 541 g/mol. The fraction of sp³-hybridized carbons (Fsp3) is 0.318. The zero-order valence-corrected chi connectivity index (χ0v) is 21.4. The number of methoxy groups -OCH3 is 1. The van der Waals surface area contributed by atoms with Crippen LogP contribution in [0.4, 0.5) is 0 Å². The molecule has 2 atom stereocenters. The van der Waals surface area contributed by atoms with E-state index in [0.717, 1.165) is 31.9 Å². The molecule has 2 aromatic carbocycles. The molecule has 1 aromatic heterocycles. The predicted octanol–water partition coefficient (Wildman–Crippen LogP) is 5.14. The number of aryl methyl sites for hydroxylation is 1. The molecule has 1 aliphatic carbocycles. The second kappa shape index (κ2) is 9.79. The first-order valence-electron chi connectivity index (χ1n) is 10.4. The molecule has 12 heteroatoms. The van der Waals surface area contributed by atoms with Gasteiger partial charge in [0.25, 0.3) is 4.84 Å². The minimum Gasteiger partial charge on any atom is -0.465 e. The van der Waals surface area contributed by atoms with E-state index in [0.29, 0.717) is 0 Å². The summed E-state index contributed by atoms with van der Waals surface area (Å²) >= 11 is 17.4. The lowest BCUT2D eigenvalue weighted by Crippen LogP contribution is -2.33. The molecule has 0 bridgehead atoms. The van der Waals surface area contributed by atoms with Crippen LogP contribution in [-0.4, -0.2) is 31.7 Å². The number of carbonyl (C=O) groups is 1. The van der Waals surface area contributed by atoms with Crippen LogP contribution >= 0.6 is 35.4 Å². The summed E-state index contributed by atoms with van der Waals surface area (Å²) in [6.07, 6.45) is 2.92. The summed E-state index contributed by atoms with van der Waals surface area (Å²) in [5.74, 6) is -1.14. The minimum atomic E-state index is -4.27. The van der Waals surface area contributed by atoms with E-state index in [1.54, 1.807) is 0 Å². The number of aromatic amines is 1. The molecule has 1 heterocycles. The van der Waals surface area contributed by atoms with Gasteiger partial charge in [-0.25, -0.2) is 18.3 Å². The molecule has 0 radical (unpaired) electrons. The summed E-state index contributed by atoms with van der Waals surface area (Å²) in [5.41, 5.74) is 3.20. The number of hydrogen-bond acceptors (Lipinski definition) is 7. The van der Waals surface area contributed by atoms with Gasteiger partial charge in [-0.2, -0.15) is 4.72 Å². The second-order valence-electron chi connectivity index (χ2n) is 7.90. The van der Waals surface area contributed by atoms with Gasteiger partial charge in [-0.3, -0.25) is 0 Å². The highest BCUT2D eigenvalue weighted by Crippen LogP contribution is 2.38. The summed E-state index contributed by atoms with van der Waals surface area (Å²) in [5, 5.41) is 6.25. The normalized spacial score (nSPS) is 15.1. The van der Waals surface area contributed by atoms with Crippen LogP contribution < -0.4 is 4.72 Å². The number of sulfonamides is 1. The van der Waals surface area contributed by atoms with Gasteiger partial charge in [-0.05, 0) is 60.3 Å². The highest BCUT2D eigenvalue weighted by atomic mass is 35.5. The van der Waals surface area contributed by atoms with Crippen molar-refractivity contribution >= 4 is 51.4 Å². The van der Waals surface area contributed by atoms with Gasteiger partial charge < -0.3 is 9.15 Å². The lowest BCUT2D eigenvalue weighted by molar-refractivity contribution is 0.0601. The molecule has 0 saturated heterocycles. The van der Waals surface area contributed by atoms with Crippen LogP contribution in [0.1, 0.15) is 58.2 Å². The SMILES string of the molecule is COC(=O)c1c(Cl)ccc(S(=O)(=O)NC(c2n[nH]c(=S)o2)C(C)c2cccc3c2CCC3)c1Cl. The summed E-state index contributed by atoms with van der Waals surface area (Å²) < 4.78 is 39.8. The van der Waals surface area contributed by atoms with E-state index in [-0.39, 0.29) is 37.2 Å². The average molecular weight is 542 g/mol. The van der Waals surface area contributed by atoms with Crippen LogP contribution in [0, 0.1) is 4.84 Å². The molecule has 34 heavy (non-hydrogen) atoms. The van der Waals surface area contributed by atoms with E-state index in [1.807, 2.05) is 19.1 Å². The first kappa shape index (κ1) is 24.9. The molecule has 8 nitrogen and oxygen atoms in total. The number of esters is 1. The lowest BCUT2D eigenvalue weighted by atomic mass is 9.88. The van der Waals surface area contributed by atoms with Crippen LogP contribution in [0.5, 0.6) is 0 Å². The Morgan fingerprint density at radius 1 is 1.26 bits per heavy atom. The van der Waals surface area contributed by atoms with Gasteiger partial charge in [0.2, 0.25) is 15.9 Å². The number of fused-ring (bicyclic) bond motifs is 1. The molecule has 0 amide bonds. The number of benzene rings is 2. The number of hydrogen-bond donors (Lipinski definition) is 2. The lowest BCUT2D eigenvalue weighted by Gasteiger charge is -2.25. The Kier molecular flexibility index (Phi) is 7.16. The van der Waals surface area contributed by atoms with Crippen molar-refractivity contribution < 1.29 is 22.4 Å². The van der Waals surface area contributed by atoms with Crippen molar-refractivity contribution in [2.24, 2.45) is 0 Å². The fourth-order valence-corrected chi connectivity index (χ4v) is 6.57. The number of rotatable bonds is 7. The maximum atomic E-state index is 13.5. The molecular weight excluding hydrogens is 521 g/mol. The highest BCUT2D eigenvalue weighted by molar-refractivity contribution is 7.89. The molecule has 0 spiro atoms. The predicted molar refractivity (Wildman–Crippen MR) is 129 cm³/mol. The number of carbonyl (C=O) groups excluding carboxylic acids is 1. The zero-order valence-electron chi connectivity index (χ0n) is 18.2. The van der Waals surface area contributed by atoms with Crippen molar-refractivity contribution in [2.75, 3.05) is 7.11 Å². The third-order valence-corrected chi connectivity index (χ3v) is 8.39. The molecule has 4 rings (SSSR count). The smallest absolute Gasteiger partial charge is 0.340 e. The van der Waals surface area contributed by atoms with E-state index in [4.69, 9.17) is 44.6 Å². The average Bonchev–Trinajstić information content (AvgIpc) is 3.45. The third-order valence-electron chi connectivity index (χ3n) is 5.91. The van der Waals surface area contributed by atoms with Crippen molar-refractivity contribution in [3.05, 3.63) is 73.4 Å². The van der Waals surface area contributed by atoms with Crippen molar-refractivity contribution in [2.45, 2.75) is 43.0 Å². The molecular formula is C22H21Cl2N3O5S2. The maximum Gasteiger partial charge on any atom is 0.340 e. The van der Waals surface area contributed by atoms with Gasteiger partial charge in [0.15, 0.2) is 0 Å². The summed E-state index contributed by atoms with van der Waals surface area (Å²) in [6.45, 7) is 1.89. The largest absolute Gasteiger partial charge is 0.465 e. The Morgan fingerprint density at radius 2 is 2.03 bits per heavy atom. The Morgan fingerprint density at radius 3 is 2.71 bits per heavy atom. The van der Waals surface area contributed by atoms with Crippen LogP contribution in [0.3, 0.4) is 0 Å². The summed E-state index contributed by atoms with van der Waals surface area (Å²) in [4.78, 5) is 11.8. The zero-order chi connectivity index (χ0) is 24.6.